The van der Waals surface area contributed by atoms with Gasteiger partial charge in [0.1, 0.15) is 5.03 Å². The molecular weight excluding hydrogens is 453 g/mol. The lowest BCUT2D eigenvalue weighted by molar-refractivity contribution is -0.115. The van der Waals surface area contributed by atoms with E-state index in [0.717, 1.165) is 32.6 Å². The van der Waals surface area contributed by atoms with Gasteiger partial charge in [-0.05, 0) is 56.0 Å². The highest BCUT2D eigenvalue weighted by Crippen LogP contribution is 2.38. The first-order valence-corrected chi connectivity index (χ1v) is 13.9. The summed E-state index contributed by atoms with van der Waals surface area (Å²) in [6.45, 7) is 6.48. The Morgan fingerprint density at radius 2 is 1.66 bits per heavy atom. The van der Waals surface area contributed by atoms with Crippen molar-refractivity contribution in [2.45, 2.75) is 47.6 Å². The van der Waals surface area contributed by atoms with E-state index in [0.29, 0.717) is 6.42 Å². The molecule has 1 amide bonds. The fourth-order valence-corrected chi connectivity index (χ4v) is 5.68. The first-order chi connectivity index (χ1) is 15.3. The molecule has 0 aliphatic rings. The van der Waals surface area contributed by atoms with E-state index < -0.39 is 0 Å². The van der Waals surface area contributed by atoms with Gasteiger partial charge in [0.25, 0.3) is 0 Å². The molecule has 0 saturated carbocycles. The minimum atomic E-state index is -0.0216. The van der Waals surface area contributed by atoms with Gasteiger partial charge in [0.15, 0.2) is 0 Å². The maximum atomic E-state index is 12.8. The van der Waals surface area contributed by atoms with Crippen molar-refractivity contribution in [3.05, 3.63) is 83.0 Å². The number of carbonyl (C=O) groups excluding carboxylic acids is 1. The van der Waals surface area contributed by atoms with E-state index in [1.165, 1.54) is 11.1 Å². The standard InChI is InChI=1S/C26H30N2OS3/c1-18-15-22(30-4)24(25(27-18)31-5)28-23(29)16-19-11-13-21(14-12-19)26(2,3)32-17-20-9-7-6-8-10-20/h6-15H,16-17H2,1-5H3,(H,28,29). The van der Waals surface area contributed by atoms with Crippen molar-refractivity contribution in [3.63, 3.8) is 0 Å². The van der Waals surface area contributed by atoms with Gasteiger partial charge >= 0.3 is 0 Å². The molecule has 3 nitrogen and oxygen atoms in total. The molecule has 0 aliphatic heterocycles. The number of aryl methyl sites for hydroxylation is 1. The molecular formula is C26H30N2OS3. The van der Waals surface area contributed by atoms with Crippen molar-refractivity contribution in [3.8, 4) is 0 Å². The van der Waals surface area contributed by atoms with Gasteiger partial charge in [-0.3, -0.25) is 4.79 Å². The van der Waals surface area contributed by atoms with Gasteiger partial charge < -0.3 is 5.32 Å². The van der Waals surface area contributed by atoms with Crippen LogP contribution in [0.5, 0.6) is 0 Å². The number of carbonyl (C=O) groups is 1. The Morgan fingerprint density at radius 1 is 0.969 bits per heavy atom. The van der Waals surface area contributed by atoms with E-state index >= 15 is 0 Å². The third-order valence-electron chi connectivity index (χ3n) is 5.21. The Kier molecular flexibility index (Phi) is 8.74. The van der Waals surface area contributed by atoms with Crippen LogP contribution in [0.3, 0.4) is 0 Å². The van der Waals surface area contributed by atoms with E-state index in [-0.39, 0.29) is 10.7 Å². The zero-order valence-electron chi connectivity index (χ0n) is 19.3. The number of amides is 1. The Morgan fingerprint density at radius 3 is 2.28 bits per heavy atom. The lowest BCUT2D eigenvalue weighted by Crippen LogP contribution is -2.17. The largest absolute Gasteiger partial charge is 0.323 e. The van der Waals surface area contributed by atoms with Gasteiger partial charge in [-0.25, -0.2) is 4.98 Å². The number of hydrogen-bond donors (Lipinski definition) is 1. The Bertz CT molecular complexity index is 1030. The van der Waals surface area contributed by atoms with E-state index in [1.807, 2.05) is 43.3 Å². The SMILES string of the molecule is CSc1cc(C)nc(SC)c1NC(=O)Cc1ccc(C(C)(C)SCc2ccccc2)cc1. The number of pyridine rings is 1. The summed E-state index contributed by atoms with van der Waals surface area (Å²) in [6, 6.07) is 21.0. The van der Waals surface area contributed by atoms with Crippen LogP contribution in [0.4, 0.5) is 5.69 Å². The van der Waals surface area contributed by atoms with Crippen LogP contribution < -0.4 is 5.32 Å². The highest BCUT2D eigenvalue weighted by atomic mass is 32.2. The van der Waals surface area contributed by atoms with Crippen LogP contribution in [0.1, 0.15) is 36.2 Å². The predicted molar refractivity (Wildman–Crippen MR) is 142 cm³/mol. The van der Waals surface area contributed by atoms with Crippen LogP contribution in [-0.4, -0.2) is 23.4 Å². The number of aromatic nitrogens is 1. The van der Waals surface area contributed by atoms with Gasteiger partial charge in [0, 0.05) is 21.1 Å². The van der Waals surface area contributed by atoms with Crippen LogP contribution in [0, 0.1) is 6.92 Å². The molecule has 0 bridgehead atoms. The number of thioether (sulfide) groups is 3. The number of hydrogen-bond acceptors (Lipinski definition) is 5. The molecule has 6 heteroatoms. The second-order valence-corrected chi connectivity index (χ2v) is 11.3. The van der Waals surface area contributed by atoms with E-state index in [4.69, 9.17) is 0 Å². The molecule has 0 radical (unpaired) electrons. The third kappa shape index (κ3) is 6.56. The second-order valence-electron chi connectivity index (χ2n) is 8.06. The summed E-state index contributed by atoms with van der Waals surface area (Å²) >= 11 is 5.10. The third-order valence-corrected chi connectivity index (χ3v) is 8.09. The Balaban J connectivity index is 1.65. The summed E-state index contributed by atoms with van der Waals surface area (Å²) < 4.78 is -0.00923. The molecule has 1 N–H and O–H groups in total. The van der Waals surface area contributed by atoms with Crippen LogP contribution in [0.15, 0.2) is 70.6 Å². The zero-order valence-corrected chi connectivity index (χ0v) is 21.7. The van der Waals surface area contributed by atoms with Crippen LogP contribution in [0.25, 0.3) is 0 Å². The Labute approximate surface area is 204 Å². The molecule has 1 aromatic heterocycles. The highest BCUT2D eigenvalue weighted by molar-refractivity contribution is 7.99. The molecule has 0 fully saturated rings. The monoisotopic (exact) mass is 482 g/mol. The lowest BCUT2D eigenvalue weighted by atomic mass is 10.00. The van der Waals surface area contributed by atoms with Crippen LogP contribution in [-0.2, 0) is 21.7 Å². The van der Waals surface area contributed by atoms with Gasteiger partial charge in [-0.2, -0.15) is 0 Å². The number of anilines is 1. The predicted octanol–water partition coefficient (Wildman–Crippen LogP) is 7.18. The summed E-state index contributed by atoms with van der Waals surface area (Å²) in [5.74, 6) is 0.949. The maximum absolute atomic E-state index is 12.8. The van der Waals surface area contributed by atoms with E-state index in [2.05, 4.69) is 72.7 Å². The topological polar surface area (TPSA) is 42.0 Å². The number of nitrogens with one attached hydrogen (secondary N) is 1. The van der Waals surface area contributed by atoms with Gasteiger partial charge in [0.05, 0.1) is 12.1 Å². The normalized spacial score (nSPS) is 11.4. The molecule has 1 heterocycles. The molecule has 2 aromatic carbocycles. The second kappa shape index (κ2) is 11.3. The quantitative estimate of drug-likeness (QED) is 0.327. The van der Waals surface area contributed by atoms with E-state index in [1.54, 1.807) is 23.5 Å². The van der Waals surface area contributed by atoms with Gasteiger partial charge in [-0.1, -0.05) is 54.6 Å². The van der Waals surface area contributed by atoms with E-state index in [9.17, 15) is 4.79 Å². The fraction of sp³-hybridized carbons (Fsp3) is 0.308. The summed E-state index contributed by atoms with van der Waals surface area (Å²) in [4.78, 5) is 18.4. The van der Waals surface area contributed by atoms with Crippen LogP contribution >= 0.6 is 35.3 Å². The minimum Gasteiger partial charge on any atom is -0.323 e. The van der Waals surface area contributed by atoms with Crippen molar-refractivity contribution in [2.24, 2.45) is 0 Å². The maximum Gasteiger partial charge on any atom is 0.228 e. The smallest absolute Gasteiger partial charge is 0.228 e. The van der Waals surface area contributed by atoms with Crippen molar-refractivity contribution in [2.75, 3.05) is 17.8 Å². The number of rotatable bonds is 9. The average molecular weight is 483 g/mol. The summed E-state index contributed by atoms with van der Waals surface area (Å²) in [5, 5.41) is 3.95. The molecule has 0 atom stereocenters. The summed E-state index contributed by atoms with van der Waals surface area (Å²) in [5.41, 5.74) is 5.38. The molecule has 0 saturated heterocycles. The first kappa shape index (κ1) is 24.7. The molecule has 0 spiro atoms. The molecule has 3 aromatic rings. The fourth-order valence-electron chi connectivity index (χ4n) is 3.35. The molecule has 168 valence electrons. The Hall–Kier alpha value is -1.89. The molecule has 3 rings (SSSR count). The lowest BCUT2D eigenvalue weighted by Gasteiger charge is -2.25. The number of nitrogens with zero attached hydrogens (tertiary/aromatic N) is 1. The molecule has 0 unspecified atom stereocenters. The van der Waals surface area contributed by atoms with Gasteiger partial charge in [-0.15, -0.1) is 35.3 Å². The first-order valence-electron chi connectivity index (χ1n) is 10.5. The average Bonchev–Trinajstić information content (AvgIpc) is 2.79. The molecule has 0 aliphatic carbocycles. The van der Waals surface area contributed by atoms with Crippen molar-refractivity contribution < 1.29 is 4.79 Å². The highest BCUT2D eigenvalue weighted by Gasteiger charge is 2.21. The van der Waals surface area contributed by atoms with Crippen molar-refractivity contribution in [1.29, 1.82) is 0 Å². The summed E-state index contributed by atoms with van der Waals surface area (Å²) in [6.07, 6.45) is 4.34. The minimum absolute atomic E-state index is 0.00923. The number of benzene rings is 2. The van der Waals surface area contributed by atoms with Crippen molar-refractivity contribution in [1.82, 2.24) is 4.98 Å². The van der Waals surface area contributed by atoms with Crippen LogP contribution in [0.2, 0.25) is 0 Å². The van der Waals surface area contributed by atoms with Gasteiger partial charge in [0.2, 0.25) is 5.91 Å². The summed E-state index contributed by atoms with van der Waals surface area (Å²) in [7, 11) is 0. The molecule has 32 heavy (non-hydrogen) atoms. The van der Waals surface area contributed by atoms with Crippen molar-refractivity contribution >= 4 is 46.9 Å². The zero-order chi connectivity index (χ0) is 23.1.